The lowest BCUT2D eigenvalue weighted by Gasteiger charge is -2.23. The Morgan fingerprint density at radius 3 is 2.64 bits per heavy atom. The fourth-order valence-electron chi connectivity index (χ4n) is 5.31. The lowest BCUT2D eigenvalue weighted by molar-refractivity contribution is -0.137. The van der Waals surface area contributed by atoms with Crippen LogP contribution in [0.3, 0.4) is 0 Å². The fraction of sp³-hybridized carbons (Fsp3) is 0.276. The zero-order valence-electron chi connectivity index (χ0n) is 23.0. The number of alkyl halides is 1. The van der Waals surface area contributed by atoms with Crippen LogP contribution >= 0.6 is 11.6 Å². The van der Waals surface area contributed by atoms with E-state index in [2.05, 4.69) is 25.5 Å². The molecule has 6 rings (SSSR count). The summed E-state index contributed by atoms with van der Waals surface area (Å²) in [5.41, 5.74) is 4.49. The topological polar surface area (TPSA) is 127 Å². The van der Waals surface area contributed by atoms with Gasteiger partial charge in [0.25, 0.3) is 0 Å². The second-order valence-corrected chi connectivity index (χ2v) is 10.9. The summed E-state index contributed by atoms with van der Waals surface area (Å²) in [6.45, 7) is 4.50. The van der Waals surface area contributed by atoms with E-state index < -0.39 is 24.0 Å². The minimum absolute atomic E-state index is 0.146. The Morgan fingerprint density at radius 2 is 1.88 bits per heavy atom. The van der Waals surface area contributed by atoms with Crippen LogP contribution in [-0.4, -0.2) is 70.6 Å². The van der Waals surface area contributed by atoms with Crippen molar-refractivity contribution in [2.75, 3.05) is 11.9 Å². The van der Waals surface area contributed by atoms with Gasteiger partial charge in [-0.25, -0.2) is 18.9 Å². The lowest BCUT2D eigenvalue weighted by atomic mass is 10.0. The van der Waals surface area contributed by atoms with Crippen LogP contribution in [0.1, 0.15) is 35.2 Å². The van der Waals surface area contributed by atoms with Crippen molar-refractivity contribution in [2.24, 2.45) is 0 Å². The van der Waals surface area contributed by atoms with E-state index in [9.17, 15) is 18.8 Å². The predicted octanol–water partition coefficient (Wildman–Crippen LogP) is 4.19. The van der Waals surface area contributed by atoms with Crippen LogP contribution in [0.5, 0.6) is 0 Å². The van der Waals surface area contributed by atoms with Crippen molar-refractivity contribution >= 4 is 51.6 Å². The zero-order chi connectivity index (χ0) is 29.7. The summed E-state index contributed by atoms with van der Waals surface area (Å²) in [6.07, 6.45) is 2.07. The van der Waals surface area contributed by atoms with E-state index in [1.165, 1.54) is 22.6 Å². The monoisotopic (exact) mass is 588 g/mol. The summed E-state index contributed by atoms with van der Waals surface area (Å²) in [5, 5.41) is 12.4. The second kappa shape index (κ2) is 10.6. The molecule has 2 atom stereocenters. The van der Waals surface area contributed by atoms with Gasteiger partial charge in [-0.2, -0.15) is 10.2 Å². The first-order chi connectivity index (χ1) is 20.0. The van der Waals surface area contributed by atoms with Gasteiger partial charge in [-0.3, -0.25) is 19.1 Å². The van der Waals surface area contributed by atoms with Gasteiger partial charge in [-0.1, -0.05) is 17.7 Å². The Bertz CT molecular complexity index is 1880. The van der Waals surface area contributed by atoms with E-state index in [4.69, 9.17) is 11.6 Å². The number of nitrogens with zero attached hydrogens (tertiary/aromatic N) is 7. The van der Waals surface area contributed by atoms with Crippen LogP contribution in [-0.2, 0) is 16.1 Å². The molecule has 42 heavy (non-hydrogen) atoms. The molecule has 1 aromatic carbocycles. The molecule has 214 valence electrons. The standard InChI is InChI=1S/C29H26ClFN8O3/c1-15-6-20(30)9-25(33-15)34-29(42)24-10-21(31)13-37(24)27(41)14-38-23-5-4-18(8-22(23)28(36-38)17(3)40)19-11-32-26-7-16(2)35-39(26)12-19/h4-9,11-12,21,24H,10,13-14H2,1-3H3,(H,33,34,42)/t21-,24+/m1/s1. The SMILES string of the molecule is CC(=O)c1nn(CC(=O)N2C[C@H](F)C[C@H]2C(=O)Nc2cc(Cl)cc(C)n2)c2ccc(-c3cnc4cc(C)nn4c3)cc12. The number of benzene rings is 1. The van der Waals surface area contributed by atoms with E-state index in [0.29, 0.717) is 21.6 Å². The number of carbonyl (C=O) groups excluding carboxylic acids is 3. The van der Waals surface area contributed by atoms with Crippen molar-refractivity contribution < 1.29 is 18.8 Å². The number of hydrogen-bond acceptors (Lipinski definition) is 7. The molecule has 1 N–H and O–H groups in total. The normalized spacial score (nSPS) is 16.8. The zero-order valence-corrected chi connectivity index (χ0v) is 23.8. The average molecular weight is 589 g/mol. The Morgan fingerprint density at radius 1 is 1.07 bits per heavy atom. The van der Waals surface area contributed by atoms with Gasteiger partial charge < -0.3 is 10.2 Å². The molecule has 4 aromatic heterocycles. The molecule has 5 heterocycles. The summed E-state index contributed by atoms with van der Waals surface area (Å²) in [5.74, 6) is -1.12. The third-order valence-electron chi connectivity index (χ3n) is 7.18. The lowest BCUT2D eigenvalue weighted by Crippen LogP contribution is -2.44. The third-order valence-corrected chi connectivity index (χ3v) is 7.40. The highest BCUT2D eigenvalue weighted by atomic mass is 35.5. The summed E-state index contributed by atoms with van der Waals surface area (Å²) in [6, 6.07) is 9.40. The molecule has 0 saturated carbocycles. The summed E-state index contributed by atoms with van der Waals surface area (Å²) in [7, 11) is 0. The molecule has 0 spiro atoms. The van der Waals surface area contributed by atoms with E-state index in [1.54, 1.807) is 29.8 Å². The molecule has 11 nitrogen and oxygen atoms in total. The molecular formula is C29H26ClFN8O3. The van der Waals surface area contributed by atoms with Gasteiger partial charge >= 0.3 is 0 Å². The van der Waals surface area contributed by atoms with Gasteiger partial charge in [-0.15, -0.1) is 0 Å². The van der Waals surface area contributed by atoms with Gasteiger partial charge in [0.1, 0.15) is 30.3 Å². The molecule has 0 unspecified atom stereocenters. The van der Waals surface area contributed by atoms with Gasteiger partial charge in [0.2, 0.25) is 11.8 Å². The Kier molecular flexibility index (Phi) is 6.93. The van der Waals surface area contributed by atoms with Crippen LogP contribution in [0.2, 0.25) is 5.02 Å². The quantitative estimate of drug-likeness (QED) is 0.295. The highest BCUT2D eigenvalue weighted by Gasteiger charge is 2.40. The maximum absolute atomic E-state index is 14.5. The number of ketones is 1. The predicted molar refractivity (Wildman–Crippen MR) is 154 cm³/mol. The first-order valence-corrected chi connectivity index (χ1v) is 13.7. The van der Waals surface area contributed by atoms with Crippen LogP contribution in [0.4, 0.5) is 10.2 Å². The minimum Gasteiger partial charge on any atom is -0.326 e. The number of halogens is 2. The summed E-state index contributed by atoms with van der Waals surface area (Å²) >= 11 is 6.07. The van der Waals surface area contributed by atoms with Gasteiger partial charge in [0, 0.05) is 53.5 Å². The van der Waals surface area contributed by atoms with E-state index in [-0.39, 0.29) is 36.8 Å². The number of hydrogen-bond donors (Lipinski definition) is 1. The maximum atomic E-state index is 14.5. The number of aromatic nitrogens is 6. The third kappa shape index (κ3) is 5.20. The molecule has 1 aliphatic heterocycles. The number of pyridine rings is 1. The molecule has 1 aliphatic rings. The molecule has 0 aliphatic carbocycles. The smallest absolute Gasteiger partial charge is 0.248 e. The number of rotatable bonds is 6. The maximum Gasteiger partial charge on any atom is 0.248 e. The second-order valence-electron chi connectivity index (χ2n) is 10.4. The van der Waals surface area contributed by atoms with Gasteiger partial charge in [0.05, 0.1) is 17.8 Å². The van der Waals surface area contributed by atoms with E-state index in [1.807, 2.05) is 31.3 Å². The van der Waals surface area contributed by atoms with Crippen molar-refractivity contribution in [3.05, 3.63) is 70.9 Å². The summed E-state index contributed by atoms with van der Waals surface area (Å²) < 4.78 is 17.6. The first kappa shape index (κ1) is 27.5. The van der Waals surface area contributed by atoms with Crippen molar-refractivity contribution in [3.8, 4) is 11.1 Å². The molecule has 0 radical (unpaired) electrons. The molecule has 1 fully saturated rings. The van der Waals surface area contributed by atoms with Crippen LogP contribution < -0.4 is 5.32 Å². The minimum atomic E-state index is -1.37. The number of carbonyl (C=O) groups is 3. The Labute approximate surface area is 244 Å². The number of fused-ring (bicyclic) bond motifs is 2. The fourth-order valence-corrected chi connectivity index (χ4v) is 5.57. The number of likely N-dealkylation sites (tertiary alicyclic amines) is 1. The van der Waals surface area contributed by atoms with E-state index in [0.717, 1.165) is 22.5 Å². The Hall–Kier alpha value is -4.71. The molecule has 2 amide bonds. The molecule has 5 aromatic rings. The van der Waals surface area contributed by atoms with Crippen molar-refractivity contribution in [1.82, 2.24) is 34.3 Å². The number of Topliss-reactive ketones (excluding diaryl/α,β-unsaturated/α-hetero) is 1. The average Bonchev–Trinajstić information content (AvgIpc) is 3.61. The van der Waals surface area contributed by atoms with Crippen LogP contribution in [0.15, 0.2) is 48.8 Å². The van der Waals surface area contributed by atoms with Crippen molar-refractivity contribution in [1.29, 1.82) is 0 Å². The number of anilines is 1. The number of aryl methyl sites for hydroxylation is 2. The highest BCUT2D eigenvalue weighted by Crippen LogP contribution is 2.28. The summed E-state index contributed by atoms with van der Waals surface area (Å²) in [4.78, 5) is 49.0. The molecular weight excluding hydrogens is 563 g/mol. The molecule has 0 bridgehead atoms. The van der Waals surface area contributed by atoms with Crippen molar-refractivity contribution in [2.45, 2.75) is 46.0 Å². The number of nitrogens with one attached hydrogen (secondary N) is 1. The Balaban J connectivity index is 1.27. The largest absolute Gasteiger partial charge is 0.326 e. The molecule has 1 saturated heterocycles. The van der Waals surface area contributed by atoms with Crippen molar-refractivity contribution in [3.63, 3.8) is 0 Å². The first-order valence-electron chi connectivity index (χ1n) is 13.3. The molecule has 13 heteroatoms. The van der Waals surface area contributed by atoms with Crippen LogP contribution in [0.25, 0.3) is 27.7 Å². The van der Waals surface area contributed by atoms with E-state index >= 15 is 0 Å². The van der Waals surface area contributed by atoms with Crippen LogP contribution in [0, 0.1) is 13.8 Å². The van der Waals surface area contributed by atoms with Gasteiger partial charge in [-0.05, 0) is 43.7 Å². The van der Waals surface area contributed by atoms with Gasteiger partial charge in [0.15, 0.2) is 11.4 Å². The number of amides is 2. The highest BCUT2D eigenvalue weighted by molar-refractivity contribution is 6.30.